The van der Waals surface area contributed by atoms with E-state index in [1.54, 1.807) is 12.1 Å². The molecule has 0 amide bonds. The second-order valence-corrected chi connectivity index (χ2v) is 5.61. The Labute approximate surface area is 108 Å². The van der Waals surface area contributed by atoms with E-state index in [4.69, 9.17) is 10.8 Å². The molecule has 0 saturated heterocycles. The highest BCUT2D eigenvalue weighted by Crippen LogP contribution is 2.28. The Morgan fingerprint density at radius 2 is 2.06 bits per heavy atom. The van der Waals surface area contributed by atoms with Crippen LogP contribution in [0.2, 0.25) is 0 Å². The average molecular weight is 250 g/mol. The monoisotopic (exact) mass is 250 g/mol. The summed E-state index contributed by atoms with van der Waals surface area (Å²) < 4.78 is 0. The number of carbonyl (C=O) groups is 1. The number of anilines is 2. The minimum atomic E-state index is -0.945. The van der Waals surface area contributed by atoms with Gasteiger partial charge in [-0.3, -0.25) is 0 Å². The summed E-state index contributed by atoms with van der Waals surface area (Å²) in [7, 11) is 0. The van der Waals surface area contributed by atoms with Crippen LogP contribution in [0.3, 0.4) is 0 Å². The summed E-state index contributed by atoms with van der Waals surface area (Å²) in [5.41, 5.74) is 7.17. The van der Waals surface area contributed by atoms with Crippen molar-refractivity contribution >= 4 is 17.3 Å². The van der Waals surface area contributed by atoms with Crippen molar-refractivity contribution in [3.05, 3.63) is 23.8 Å². The highest BCUT2D eigenvalue weighted by Gasteiger charge is 2.22. The standard InChI is InChI=1S/C14H22N2O2/c1-9(2)14(3,4)8-16-12-7-10(15)5-6-11(12)13(17)18/h5-7,9,16H,8,15H2,1-4H3,(H,17,18). The zero-order chi connectivity index (χ0) is 13.9. The summed E-state index contributed by atoms with van der Waals surface area (Å²) >= 11 is 0. The van der Waals surface area contributed by atoms with Crippen LogP contribution in [0.25, 0.3) is 0 Å². The zero-order valence-electron chi connectivity index (χ0n) is 11.4. The van der Waals surface area contributed by atoms with E-state index in [0.29, 0.717) is 23.8 Å². The van der Waals surface area contributed by atoms with E-state index in [1.165, 1.54) is 6.07 Å². The van der Waals surface area contributed by atoms with Crippen molar-refractivity contribution in [2.24, 2.45) is 11.3 Å². The first-order valence-electron chi connectivity index (χ1n) is 6.10. The van der Waals surface area contributed by atoms with Crippen LogP contribution in [0.5, 0.6) is 0 Å². The average Bonchev–Trinajstić information content (AvgIpc) is 2.26. The third-order valence-electron chi connectivity index (χ3n) is 3.57. The van der Waals surface area contributed by atoms with Gasteiger partial charge in [-0.05, 0) is 29.5 Å². The Hall–Kier alpha value is -1.71. The molecule has 0 aliphatic rings. The molecule has 1 aromatic rings. The predicted octanol–water partition coefficient (Wildman–Crippen LogP) is 3.06. The summed E-state index contributed by atoms with van der Waals surface area (Å²) in [5, 5.41) is 12.3. The molecule has 100 valence electrons. The van der Waals surface area contributed by atoms with Gasteiger partial charge >= 0.3 is 5.97 Å². The van der Waals surface area contributed by atoms with Crippen LogP contribution < -0.4 is 11.1 Å². The molecule has 1 rings (SSSR count). The molecule has 0 fully saturated rings. The molecule has 0 radical (unpaired) electrons. The van der Waals surface area contributed by atoms with Gasteiger partial charge in [0.05, 0.1) is 11.3 Å². The molecule has 1 aromatic carbocycles. The topological polar surface area (TPSA) is 75.3 Å². The third-order valence-corrected chi connectivity index (χ3v) is 3.57. The van der Waals surface area contributed by atoms with Crippen molar-refractivity contribution in [1.82, 2.24) is 0 Å². The second-order valence-electron chi connectivity index (χ2n) is 5.61. The van der Waals surface area contributed by atoms with Crippen LogP contribution in [-0.4, -0.2) is 17.6 Å². The Morgan fingerprint density at radius 1 is 1.44 bits per heavy atom. The molecule has 0 heterocycles. The van der Waals surface area contributed by atoms with Crippen molar-refractivity contribution in [3.63, 3.8) is 0 Å². The van der Waals surface area contributed by atoms with Crippen LogP contribution in [0.4, 0.5) is 11.4 Å². The Morgan fingerprint density at radius 3 is 2.56 bits per heavy atom. The number of carboxylic acid groups (broad SMARTS) is 1. The minimum Gasteiger partial charge on any atom is -0.478 e. The highest BCUT2D eigenvalue weighted by atomic mass is 16.4. The smallest absolute Gasteiger partial charge is 0.337 e. The van der Waals surface area contributed by atoms with E-state index in [0.717, 1.165) is 0 Å². The van der Waals surface area contributed by atoms with Crippen LogP contribution in [-0.2, 0) is 0 Å². The predicted molar refractivity (Wildman–Crippen MR) is 74.9 cm³/mol. The first-order chi connectivity index (χ1) is 8.24. The maximum absolute atomic E-state index is 11.1. The van der Waals surface area contributed by atoms with E-state index in [9.17, 15) is 4.79 Å². The largest absolute Gasteiger partial charge is 0.478 e. The molecule has 4 heteroatoms. The van der Waals surface area contributed by atoms with E-state index in [-0.39, 0.29) is 11.0 Å². The Bertz CT molecular complexity index is 439. The summed E-state index contributed by atoms with van der Waals surface area (Å²) in [4.78, 5) is 11.1. The first-order valence-corrected chi connectivity index (χ1v) is 6.10. The lowest BCUT2D eigenvalue weighted by Crippen LogP contribution is -2.29. The number of nitrogens with one attached hydrogen (secondary N) is 1. The van der Waals surface area contributed by atoms with Crippen LogP contribution in [0.1, 0.15) is 38.1 Å². The summed E-state index contributed by atoms with van der Waals surface area (Å²) in [5.74, 6) is -0.445. The molecule has 0 spiro atoms. The van der Waals surface area contributed by atoms with Gasteiger partial charge in [0.25, 0.3) is 0 Å². The number of rotatable bonds is 5. The minimum absolute atomic E-state index is 0.0837. The van der Waals surface area contributed by atoms with Crippen LogP contribution >= 0.6 is 0 Å². The zero-order valence-corrected chi connectivity index (χ0v) is 11.4. The maximum atomic E-state index is 11.1. The first kappa shape index (κ1) is 14.4. The van der Waals surface area contributed by atoms with E-state index < -0.39 is 5.97 Å². The van der Waals surface area contributed by atoms with Gasteiger partial charge in [-0.15, -0.1) is 0 Å². The number of nitrogen functional groups attached to an aromatic ring is 1. The second kappa shape index (κ2) is 5.29. The van der Waals surface area contributed by atoms with Gasteiger partial charge < -0.3 is 16.2 Å². The van der Waals surface area contributed by atoms with Crippen molar-refractivity contribution in [1.29, 1.82) is 0 Å². The normalized spacial score (nSPS) is 11.6. The van der Waals surface area contributed by atoms with Gasteiger partial charge in [0.2, 0.25) is 0 Å². The van der Waals surface area contributed by atoms with Crippen molar-refractivity contribution in [2.45, 2.75) is 27.7 Å². The lowest BCUT2D eigenvalue weighted by atomic mass is 9.81. The van der Waals surface area contributed by atoms with Crippen LogP contribution in [0, 0.1) is 11.3 Å². The fourth-order valence-corrected chi connectivity index (χ4v) is 1.42. The molecule has 4 nitrogen and oxygen atoms in total. The quantitative estimate of drug-likeness (QED) is 0.702. The molecule has 0 bridgehead atoms. The summed E-state index contributed by atoms with van der Waals surface area (Å²) in [6.07, 6.45) is 0. The molecule has 0 atom stereocenters. The molecule has 4 N–H and O–H groups in total. The van der Waals surface area contributed by atoms with Gasteiger partial charge in [-0.1, -0.05) is 27.7 Å². The SMILES string of the molecule is CC(C)C(C)(C)CNc1cc(N)ccc1C(=O)O. The summed E-state index contributed by atoms with van der Waals surface area (Å²) in [6, 6.07) is 4.80. The number of hydrogen-bond donors (Lipinski definition) is 3. The van der Waals surface area contributed by atoms with Gasteiger partial charge in [0.15, 0.2) is 0 Å². The fraction of sp³-hybridized carbons (Fsp3) is 0.500. The Kier molecular flexibility index (Phi) is 4.22. The maximum Gasteiger partial charge on any atom is 0.337 e. The van der Waals surface area contributed by atoms with E-state index in [1.807, 2.05) is 0 Å². The third kappa shape index (κ3) is 3.39. The molecule has 18 heavy (non-hydrogen) atoms. The molecule has 0 aromatic heterocycles. The summed E-state index contributed by atoms with van der Waals surface area (Å²) in [6.45, 7) is 9.31. The Balaban J connectivity index is 2.90. The number of hydrogen-bond acceptors (Lipinski definition) is 3. The number of aromatic carboxylic acids is 1. The molecular formula is C14H22N2O2. The van der Waals surface area contributed by atoms with Crippen molar-refractivity contribution in [2.75, 3.05) is 17.6 Å². The number of benzene rings is 1. The number of carboxylic acids is 1. The van der Waals surface area contributed by atoms with Crippen LogP contribution in [0.15, 0.2) is 18.2 Å². The van der Waals surface area contributed by atoms with Gasteiger partial charge in [0, 0.05) is 12.2 Å². The molecule has 0 aliphatic heterocycles. The molecule has 0 unspecified atom stereocenters. The van der Waals surface area contributed by atoms with E-state index >= 15 is 0 Å². The fourth-order valence-electron chi connectivity index (χ4n) is 1.42. The molecule has 0 aliphatic carbocycles. The van der Waals surface area contributed by atoms with Gasteiger partial charge in [0.1, 0.15) is 0 Å². The highest BCUT2D eigenvalue weighted by molar-refractivity contribution is 5.95. The molecule has 0 saturated carbocycles. The van der Waals surface area contributed by atoms with Crippen molar-refractivity contribution < 1.29 is 9.90 Å². The lowest BCUT2D eigenvalue weighted by Gasteiger charge is -2.30. The van der Waals surface area contributed by atoms with Gasteiger partial charge in [-0.25, -0.2) is 4.79 Å². The lowest BCUT2D eigenvalue weighted by molar-refractivity contribution is 0.0698. The number of nitrogens with two attached hydrogens (primary N) is 1. The molecular weight excluding hydrogens is 228 g/mol. The van der Waals surface area contributed by atoms with Gasteiger partial charge in [-0.2, -0.15) is 0 Å². The van der Waals surface area contributed by atoms with Crippen molar-refractivity contribution in [3.8, 4) is 0 Å². The van der Waals surface area contributed by atoms with E-state index in [2.05, 4.69) is 33.0 Å².